The summed E-state index contributed by atoms with van der Waals surface area (Å²) in [6.45, 7) is 16.2. The molecule has 3 amide bonds. The summed E-state index contributed by atoms with van der Waals surface area (Å²) >= 11 is 0.946. The van der Waals surface area contributed by atoms with E-state index in [9.17, 15) is 63.6 Å². The maximum Gasteiger partial charge on any atom is 0.338 e. The van der Waals surface area contributed by atoms with Gasteiger partial charge in [-0.25, -0.2) is 9.59 Å². The predicted octanol–water partition coefficient (Wildman–Crippen LogP) is 9.58. The van der Waals surface area contributed by atoms with Crippen LogP contribution in [0.1, 0.15) is 178 Å². The number of rotatable bonds is 24. The number of thioether (sulfide) groups is 1. The van der Waals surface area contributed by atoms with E-state index in [2.05, 4.69) is 37.9 Å². The van der Waals surface area contributed by atoms with Crippen molar-refractivity contribution in [3.05, 3.63) is 166 Å². The molecule has 2 aliphatic heterocycles. The molecule has 8 fully saturated rings. The van der Waals surface area contributed by atoms with E-state index in [0.717, 1.165) is 81.0 Å². The summed E-state index contributed by atoms with van der Waals surface area (Å²) < 4.78 is 43.8. The third kappa shape index (κ3) is 15.5. The summed E-state index contributed by atoms with van der Waals surface area (Å²) in [6, 6.07) is 22.5. The summed E-state index contributed by atoms with van der Waals surface area (Å²) in [4.78, 5) is 144. The molecule has 108 heavy (non-hydrogen) atoms. The Morgan fingerprint density at radius 1 is 0.796 bits per heavy atom. The molecular weight excluding hydrogens is 1400 g/mol. The standard InChI is InChI=1S/C84H100N2O21S/c1-46(29-36-60(89)52-31-32-52)58-34-35-59-51(27-19-37-81(58,59)8)30-33-56-39-57(40-61(90)47(56)2)103-68(93)44-108-63-41-66(91)86(77(63)97)38-20-28-67(92)105-64-42-65-83(45-101-65,107-50(5)88)73-75(106-78(98)55-25-17-12-18-26-55)84(100)43-62(48(3)69(80(84,6)7)72(102-49(4)87)74(95)82(64,73)9)104-79(99)71(94)70(53-21-13-10-14-22-53)85-76(96)54-23-15-11-16-24-54/h10-18,21-26,29-30,33,36,46,52,57-65,70-73,75,89-90,94,100H,2,19-20,27-28,31-32,34-35,37-45H2,1,3-9H3,(H,85,96)/b36-29+,51-30+,56-33-/t46-,57+,58?,59?,60?,61-,62?,63?,64?,65?,70?,71?,72?,73?,75?,81+,82?,83?,84?/m0/s1. The number of nitrogens with one attached hydrogen (secondary N) is 1. The van der Waals surface area contributed by atoms with E-state index >= 15 is 4.79 Å². The number of likely N-dealkylation sites (tertiary alicyclic amines) is 1. The Morgan fingerprint density at radius 3 is 2.12 bits per heavy atom. The van der Waals surface area contributed by atoms with Gasteiger partial charge in [0, 0.05) is 69.9 Å². The molecule has 0 aromatic heterocycles. The number of fused-ring (bicyclic) bond motifs is 6. The van der Waals surface area contributed by atoms with E-state index in [0.29, 0.717) is 41.2 Å². The number of carbonyl (C=O) groups excluding carboxylic acids is 10. The second kappa shape index (κ2) is 31.9. The molecule has 3 aromatic rings. The fourth-order valence-electron chi connectivity index (χ4n) is 19.0. The SMILES string of the molecule is C=C1/C(=C\C=C2/CCC[C@@]3(C)C2CCC3[C@@H](C)/C=C/C(O)C2CC2)C[C@@H](OC(=O)CSC2CC(=O)N(CCCC(=O)OC3CC4OCC4(OC(C)=O)C4C(OC(=O)c5ccccc5)C5(O)CC(OC(=O)C(O)C(NC(=O)c6ccccc6)c6ccccc6)C(C)=C(C(OC(C)=O)C(=O)C34C)C5(C)C)C2=O)C[C@@H]1O. The van der Waals surface area contributed by atoms with Gasteiger partial charge in [-0.05, 0) is 146 Å². The second-order valence-electron chi connectivity index (χ2n) is 32.0. The van der Waals surface area contributed by atoms with Crippen molar-refractivity contribution in [2.24, 2.45) is 45.8 Å². The molecule has 0 spiro atoms. The van der Waals surface area contributed by atoms with Gasteiger partial charge in [-0.2, -0.15) is 0 Å². The van der Waals surface area contributed by atoms with E-state index in [-0.39, 0.29) is 71.8 Å². The molecule has 9 aliphatic rings. The zero-order valence-electron chi connectivity index (χ0n) is 62.5. The molecular formula is C84H100N2O21S. The fraction of sp³-hybridized carbons (Fsp3) is 0.548. The first-order valence-corrected chi connectivity index (χ1v) is 38.9. The average Bonchev–Trinajstić information content (AvgIpc) is 0.697. The van der Waals surface area contributed by atoms with Crippen molar-refractivity contribution in [1.29, 1.82) is 0 Å². The molecule has 15 unspecified atom stereocenters. The molecule has 7 aliphatic carbocycles. The maximum atomic E-state index is 16.6. The van der Waals surface area contributed by atoms with E-state index in [1.165, 1.54) is 45.4 Å². The molecule has 2 saturated heterocycles. The number of hydrogen-bond donors (Lipinski definition) is 5. The number of nitrogens with zero attached hydrogens (tertiary/aromatic N) is 1. The Morgan fingerprint density at radius 2 is 1.47 bits per heavy atom. The largest absolute Gasteiger partial charge is 0.461 e. The maximum absolute atomic E-state index is 16.6. The first-order chi connectivity index (χ1) is 51.3. The Kier molecular flexibility index (Phi) is 23.4. The van der Waals surface area contributed by atoms with E-state index < -0.39 is 167 Å². The molecule has 19 atom stereocenters. The second-order valence-corrected chi connectivity index (χ2v) is 33.2. The zero-order chi connectivity index (χ0) is 77.5. The number of carbonyl (C=O) groups is 10. The number of allylic oxidation sites excluding steroid dienone is 4. The molecule has 3 aromatic carbocycles. The van der Waals surface area contributed by atoms with Crippen LogP contribution in [0.5, 0.6) is 0 Å². The van der Waals surface area contributed by atoms with Crippen molar-refractivity contribution < 1.29 is 102 Å². The van der Waals surface area contributed by atoms with Crippen molar-refractivity contribution in [3.63, 3.8) is 0 Å². The van der Waals surface area contributed by atoms with Crippen LogP contribution in [-0.4, -0.2) is 175 Å². The van der Waals surface area contributed by atoms with Gasteiger partial charge in [0.05, 0.1) is 52.8 Å². The van der Waals surface area contributed by atoms with Crippen LogP contribution in [-0.2, 0) is 71.5 Å². The van der Waals surface area contributed by atoms with Crippen molar-refractivity contribution in [2.45, 2.75) is 223 Å². The fourth-order valence-corrected chi connectivity index (χ4v) is 20.0. The van der Waals surface area contributed by atoms with Crippen LogP contribution in [0.15, 0.2) is 150 Å². The van der Waals surface area contributed by atoms with Crippen molar-refractivity contribution in [1.82, 2.24) is 10.2 Å². The summed E-state index contributed by atoms with van der Waals surface area (Å²) in [5.74, 6) is -8.98. The summed E-state index contributed by atoms with van der Waals surface area (Å²) in [5, 5.41) is 49.9. The highest BCUT2D eigenvalue weighted by atomic mass is 32.2. The quantitative estimate of drug-likeness (QED) is 0.0241. The lowest BCUT2D eigenvalue weighted by atomic mass is 9.44. The Hall–Kier alpha value is -8.39. The molecule has 6 saturated carbocycles. The minimum absolute atomic E-state index is 0.0192. The van der Waals surface area contributed by atoms with Gasteiger partial charge >= 0.3 is 35.8 Å². The first-order valence-electron chi connectivity index (χ1n) is 37.8. The first kappa shape index (κ1) is 79.2. The number of benzene rings is 3. The van der Waals surface area contributed by atoms with Gasteiger partial charge in [0.15, 0.2) is 23.6 Å². The van der Waals surface area contributed by atoms with Crippen molar-refractivity contribution in [2.75, 3.05) is 18.9 Å². The van der Waals surface area contributed by atoms with Gasteiger partial charge in [-0.15, -0.1) is 11.8 Å². The van der Waals surface area contributed by atoms with Crippen LogP contribution < -0.4 is 5.32 Å². The topological polar surface area (TPSA) is 331 Å². The Balaban J connectivity index is 0.750. The van der Waals surface area contributed by atoms with Gasteiger partial charge in [0.1, 0.15) is 36.1 Å². The number of amides is 3. The van der Waals surface area contributed by atoms with Crippen molar-refractivity contribution >= 4 is 71.1 Å². The minimum atomic E-state index is -2.58. The monoisotopic (exact) mass is 1500 g/mol. The Bertz CT molecular complexity index is 4130. The molecule has 2 bridgehead atoms. The van der Waals surface area contributed by atoms with Crippen molar-refractivity contribution in [3.8, 4) is 0 Å². The Labute approximate surface area is 633 Å². The van der Waals surface area contributed by atoms with Crippen LogP contribution in [0.25, 0.3) is 0 Å². The van der Waals surface area contributed by atoms with E-state index in [1.54, 1.807) is 78.9 Å². The van der Waals surface area contributed by atoms with Gasteiger partial charge in [0.25, 0.3) is 5.91 Å². The van der Waals surface area contributed by atoms with Gasteiger partial charge < -0.3 is 58.9 Å². The lowest BCUT2D eigenvalue weighted by Crippen LogP contribution is -2.82. The molecule has 0 radical (unpaired) electrons. The molecule has 24 heteroatoms. The summed E-state index contributed by atoms with van der Waals surface area (Å²) in [6.07, 6.45) is 1.86. The molecule has 12 rings (SSSR count). The number of aliphatic hydroxyl groups is 4. The predicted molar refractivity (Wildman–Crippen MR) is 394 cm³/mol. The number of ether oxygens (including phenoxy) is 7. The highest BCUT2D eigenvalue weighted by Crippen LogP contribution is 2.66. The summed E-state index contributed by atoms with van der Waals surface area (Å²) in [7, 11) is 0. The van der Waals surface area contributed by atoms with Gasteiger partial charge in [0.2, 0.25) is 11.8 Å². The minimum Gasteiger partial charge on any atom is -0.461 e. The van der Waals surface area contributed by atoms with Gasteiger partial charge in [-0.3, -0.25) is 43.3 Å². The molecule has 23 nitrogen and oxygen atoms in total. The van der Waals surface area contributed by atoms with Crippen LogP contribution in [0, 0.1) is 45.8 Å². The molecule has 578 valence electrons. The highest BCUT2D eigenvalue weighted by Gasteiger charge is 2.79. The number of aliphatic hydroxyl groups excluding tert-OH is 3. The molecule has 2 heterocycles. The van der Waals surface area contributed by atoms with Crippen LogP contribution in [0.3, 0.4) is 0 Å². The van der Waals surface area contributed by atoms with E-state index in [1.807, 2.05) is 12.2 Å². The zero-order valence-corrected chi connectivity index (χ0v) is 63.3. The summed E-state index contributed by atoms with van der Waals surface area (Å²) in [5.41, 5.74) is -5.38. The number of ketones is 1. The van der Waals surface area contributed by atoms with Crippen LogP contribution in [0.2, 0.25) is 0 Å². The van der Waals surface area contributed by atoms with Crippen LogP contribution in [0.4, 0.5) is 0 Å². The normalized spacial score (nSPS) is 33.3. The smallest absolute Gasteiger partial charge is 0.338 e. The average molecular weight is 1510 g/mol. The van der Waals surface area contributed by atoms with Crippen LogP contribution >= 0.6 is 11.8 Å². The lowest BCUT2D eigenvalue weighted by Gasteiger charge is -2.67. The number of imide groups is 1. The number of esters is 6. The third-order valence-corrected chi connectivity index (χ3v) is 26.2. The number of Topliss-reactive ketones (excluding diaryl/α,β-unsaturated/α-hetero) is 1. The lowest BCUT2D eigenvalue weighted by molar-refractivity contribution is -0.346. The number of hydrogen-bond acceptors (Lipinski definition) is 22. The van der Waals surface area contributed by atoms with E-state index in [4.69, 9.17) is 33.2 Å². The highest BCUT2D eigenvalue weighted by molar-refractivity contribution is 8.01. The van der Waals surface area contributed by atoms with Gasteiger partial charge in [-0.1, -0.05) is 131 Å². The third-order valence-electron chi connectivity index (χ3n) is 25.0. The molecule has 5 N–H and O–H groups in total.